The van der Waals surface area contributed by atoms with E-state index in [9.17, 15) is 9.59 Å². The molecule has 1 amide bonds. The lowest BCUT2D eigenvalue weighted by Crippen LogP contribution is -2.58. The Hall–Kier alpha value is -3.83. The van der Waals surface area contributed by atoms with E-state index in [1.165, 1.54) is 0 Å². The molecule has 2 fully saturated rings. The molecule has 0 unspecified atom stereocenters. The Labute approximate surface area is 232 Å². The van der Waals surface area contributed by atoms with Crippen molar-refractivity contribution in [3.63, 3.8) is 0 Å². The molecule has 3 atom stereocenters. The second-order valence-corrected chi connectivity index (χ2v) is 11.5. The molecular formula is C29H34N6O5. The number of ether oxygens (including phenoxy) is 3. The molecule has 40 heavy (non-hydrogen) atoms. The smallest absolute Gasteiger partial charge is 0.340 e. The van der Waals surface area contributed by atoms with Crippen LogP contribution in [0, 0.1) is 0 Å². The molecule has 11 heteroatoms. The molecule has 0 aromatic carbocycles. The average molecular weight is 547 g/mol. The number of carbonyl (C=O) groups excluding carboxylic acids is 2. The van der Waals surface area contributed by atoms with Crippen molar-refractivity contribution < 1.29 is 23.8 Å². The van der Waals surface area contributed by atoms with Gasteiger partial charge in [0.15, 0.2) is 0 Å². The Morgan fingerprint density at radius 1 is 1.15 bits per heavy atom. The first-order chi connectivity index (χ1) is 19.1. The molecule has 3 aliphatic heterocycles. The highest BCUT2D eigenvalue weighted by atomic mass is 16.5. The Morgan fingerprint density at radius 3 is 2.67 bits per heavy atom. The summed E-state index contributed by atoms with van der Waals surface area (Å²) in [7, 11) is 0. The number of amides is 1. The van der Waals surface area contributed by atoms with Crippen LogP contribution in [0.15, 0.2) is 30.6 Å². The van der Waals surface area contributed by atoms with Gasteiger partial charge in [0, 0.05) is 30.5 Å². The topological polar surface area (TPSA) is 142 Å². The van der Waals surface area contributed by atoms with E-state index in [-0.39, 0.29) is 36.1 Å². The van der Waals surface area contributed by atoms with Crippen LogP contribution in [0.1, 0.15) is 68.1 Å². The highest BCUT2D eigenvalue weighted by molar-refractivity contribution is 5.93. The molecule has 210 valence electrons. The number of nitrogens with two attached hydrogens (primary N) is 1. The minimum atomic E-state index is -0.667. The van der Waals surface area contributed by atoms with E-state index in [1.807, 2.05) is 33.8 Å². The van der Waals surface area contributed by atoms with E-state index >= 15 is 0 Å². The fourth-order valence-corrected chi connectivity index (χ4v) is 5.37. The van der Waals surface area contributed by atoms with E-state index in [0.29, 0.717) is 48.5 Å². The third-order valence-electron chi connectivity index (χ3n) is 7.90. The van der Waals surface area contributed by atoms with E-state index in [4.69, 9.17) is 24.9 Å². The number of hydrogen-bond donors (Lipinski definition) is 2. The quantitative estimate of drug-likeness (QED) is 0.442. The van der Waals surface area contributed by atoms with Crippen LogP contribution in [0.25, 0.3) is 10.8 Å². The molecule has 0 aliphatic carbocycles. The lowest BCUT2D eigenvalue weighted by atomic mass is 9.93. The molecule has 2 saturated heterocycles. The molecule has 0 radical (unpaired) electrons. The zero-order valence-electron chi connectivity index (χ0n) is 23.1. The molecule has 6 heterocycles. The first kappa shape index (κ1) is 26.4. The Morgan fingerprint density at radius 2 is 1.95 bits per heavy atom. The van der Waals surface area contributed by atoms with Gasteiger partial charge in [-0.25, -0.2) is 19.7 Å². The number of esters is 1. The second-order valence-electron chi connectivity index (χ2n) is 11.5. The summed E-state index contributed by atoms with van der Waals surface area (Å²) < 4.78 is 17.2. The number of nitrogens with one attached hydrogen (secondary N) is 1. The van der Waals surface area contributed by atoms with Gasteiger partial charge < -0.3 is 30.2 Å². The standard InChI is InChI=1S/C29H34N6O5/c1-15-16(2)39-28(37)18-7-8-23(34-25(15)18)33-24-10-19-20(11-31-24)26(32-12-21(19)29(3,4)30)40-17-13-35(14-17)27(36)22-6-5-9-38-22/h7-8,10-12,15-17,22H,5-6,9,13-14,30H2,1-4H3,(H,31,33,34)/t15-,16-,22+/m0/s1. The van der Waals surface area contributed by atoms with E-state index in [0.717, 1.165) is 29.2 Å². The molecule has 11 nitrogen and oxygen atoms in total. The van der Waals surface area contributed by atoms with Gasteiger partial charge in [0.05, 0.1) is 29.7 Å². The van der Waals surface area contributed by atoms with Crippen LogP contribution in [0.4, 0.5) is 11.6 Å². The van der Waals surface area contributed by atoms with Crippen molar-refractivity contribution in [3.8, 4) is 5.88 Å². The number of hydrogen-bond acceptors (Lipinski definition) is 10. The van der Waals surface area contributed by atoms with Gasteiger partial charge in [-0.3, -0.25) is 4.79 Å². The van der Waals surface area contributed by atoms with Crippen LogP contribution in [0.2, 0.25) is 0 Å². The van der Waals surface area contributed by atoms with Crippen molar-refractivity contribution in [2.75, 3.05) is 25.0 Å². The highest BCUT2D eigenvalue weighted by Crippen LogP contribution is 2.35. The molecule has 3 aliphatic rings. The van der Waals surface area contributed by atoms with Gasteiger partial charge in [-0.05, 0) is 62.8 Å². The van der Waals surface area contributed by atoms with Crippen molar-refractivity contribution in [1.29, 1.82) is 0 Å². The van der Waals surface area contributed by atoms with Crippen LogP contribution in [0.3, 0.4) is 0 Å². The first-order valence-corrected chi connectivity index (χ1v) is 13.7. The summed E-state index contributed by atoms with van der Waals surface area (Å²) in [5.41, 5.74) is 7.86. The Balaban J connectivity index is 1.25. The zero-order chi connectivity index (χ0) is 28.2. The van der Waals surface area contributed by atoms with E-state index in [2.05, 4.69) is 15.3 Å². The minimum Gasteiger partial charge on any atom is -0.470 e. The predicted molar refractivity (Wildman–Crippen MR) is 148 cm³/mol. The Bertz CT molecular complexity index is 1480. The maximum Gasteiger partial charge on any atom is 0.340 e. The lowest BCUT2D eigenvalue weighted by molar-refractivity contribution is -0.149. The van der Waals surface area contributed by atoms with Crippen LogP contribution >= 0.6 is 0 Å². The fourth-order valence-electron chi connectivity index (χ4n) is 5.37. The monoisotopic (exact) mass is 546 g/mol. The maximum absolute atomic E-state index is 12.6. The summed E-state index contributed by atoms with van der Waals surface area (Å²) in [5.74, 6) is 1.23. The summed E-state index contributed by atoms with van der Waals surface area (Å²) >= 11 is 0. The highest BCUT2D eigenvalue weighted by Gasteiger charge is 2.38. The van der Waals surface area contributed by atoms with E-state index in [1.54, 1.807) is 29.4 Å². The van der Waals surface area contributed by atoms with Crippen LogP contribution in [-0.4, -0.2) is 69.7 Å². The summed E-state index contributed by atoms with van der Waals surface area (Å²) in [5, 5.41) is 4.85. The lowest BCUT2D eigenvalue weighted by Gasteiger charge is -2.39. The number of rotatable bonds is 6. The summed E-state index contributed by atoms with van der Waals surface area (Å²) in [4.78, 5) is 40.5. The second kappa shape index (κ2) is 9.97. The molecule has 0 spiro atoms. The number of anilines is 2. The number of carbonyl (C=O) groups is 2. The first-order valence-electron chi connectivity index (χ1n) is 13.7. The molecule has 3 aromatic heterocycles. The van der Waals surface area contributed by atoms with Crippen molar-refractivity contribution in [1.82, 2.24) is 19.9 Å². The van der Waals surface area contributed by atoms with Crippen LogP contribution < -0.4 is 15.8 Å². The third-order valence-corrected chi connectivity index (χ3v) is 7.90. The number of fused-ring (bicyclic) bond motifs is 2. The molecule has 3 N–H and O–H groups in total. The molecule has 3 aromatic rings. The van der Waals surface area contributed by atoms with Crippen LogP contribution in [-0.2, 0) is 19.8 Å². The SMILES string of the molecule is C[C@@H]1OC(=O)c2ccc(Nc3cc4c(C(C)(C)N)cnc(OC5CN(C(=O)[C@H]6CCCO6)C5)c4cn3)nc2[C@H]1C. The predicted octanol–water partition coefficient (Wildman–Crippen LogP) is 3.39. The van der Waals surface area contributed by atoms with Gasteiger partial charge in [0.1, 0.15) is 29.9 Å². The van der Waals surface area contributed by atoms with Gasteiger partial charge in [0.2, 0.25) is 5.88 Å². The number of pyridine rings is 3. The number of aromatic nitrogens is 3. The Kier molecular flexibility index (Phi) is 6.58. The minimum absolute atomic E-state index is 0.0298. The summed E-state index contributed by atoms with van der Waals surface area (Å²) in [6.07, 6.45) is 4.40. The van der Waals surface area contributed by atoms with E-state index < -0.39 is 5.54 Å². The number of cyclic esters (lactones) is 1. The van der Waals surface area contributed by atoms with Crippen molar-refractivity contribution in [2.45, 2.75) is 70.3 Å². The molecule has 0 bridgehead atoms. The number of likely N-dealkylation sites (tertiary alicyclic amines) is 1. The van der Waals surface area contributed by atoms with Crippen molar-refractivity contribution in [2.24, 2.45) is 5.73 Å². The average Bonchev–Trinajstić information content (AvgIpc) is 3.43. The van der Waals surface area contributed by atoms with Gasteiger partial charge in [-0.15, -0.1) is 0 Å². The molecular weight excluding hydrogens is 512 g/mol. The van der Waals surface area contributed by atoms with Gasteiger partial charge >= 0.3 is 5.97 Å². The van der Waals surface area contributed by atoms with Gasteiger partial charge in [-0.2, -0.15) is 0 Å². The maximum atomic E-state index is 12.6. The zero-order valence-corrected chi connectivity index (χ0v) is 23.1. The fraction of sp³-hybridized carbons (Fsp3) is 0.483. The normalized spacial score (nSPS) is 23.0. The molecule has 0 saturated carbocycles. The van der Waals surface area contributed by atoms with Crippen molar-refractivity contribution in [3.05, 3.63) is 47.4 Å². The third kappa shape index (κ3) is 4.84. The van der Waals surface area contributed by atoms with Crippen LogP contribution in [0.5, 0.6) is 5.88 Å². The molecule has 6 rings (SSSR count). The van der Waals surface area contributed by atoms with Gasteiger partial charge in [-0.1, -0.05) is 6.92 Å². The summed E-state index contributed by atoms with van der Waals surface area (Å²) in [6, 6.07) is 5.37. The van der Waals surface area contributed by atoms with Crippen molar-refractivity contribution >= 4 is 34.3 Å². The number of nitrogens with zero attached hydrogens (tertiary/aromatic N) is 4. The van der Waals surface area contributed by atoms with Gasteiger partial charge in [0.25, 0.3) is 5.91 Å². The largest absolute Gasteiger partial charge is 0.470 e. The summed E-state index contributed by atoms with van der Waals surface area (Å²) in [6.45, 7) is 9.33.